The Kier molecular flexibility index (Phi) is 107. The predicted molar refractivity (Wildman–Crippen MR) is 8.54 cm³/mol. The zero-order valence-electron chi connectivity index (χ0n) is 1.65. The third-order valence-corrected chi connectivity index (χ3v) is 0. The average Bonchev–Trinajstić information content (AvgIpc) is 0. The monoisotopic (exact) mass is 335 g/mol. The van der Waals surface area contributed by atoms with Gasteiger partial charge in [0, 0.05) is 63.6 Å². The molecule has 0 spiro atoms. The summed E-state index contributed by atoms with van der Waals surface area (Å²) in [5.74, 6) is 0. The standard InChI is InChI=1S/Ca.Ta.Ti.Zn.2H. The molecular formula is H2CaTaTiZn. The normalized spacial score (nSPS) is 0. The Morgan fingerprint density at radius 1 is 1.00 bits per heavy atom. The molecule has 0 amide bonds. The Morgan fingerprint density at radius 3 is 1.00 bits per heavy atom. The van der Waals surface area contributed by atoms with Crippen LogP contribution in [0.5, 0.6) is 0 Å². The van der Waals surface area contributed by atoms with Crippen LogP contribution in [0.1, 0.15) is 0 Å². The average molecular weight is 336 g/mol. The van der Waals surface area contributed by atoms with Crippen molar-refractivity contribution in [3.8, 4) is 0 Å². The summed E-state index contributed by atoms with van der Waals surface area (Å²) in [6.45, 7) is 0. The van der Waals surface area contributed by atoms with Crippen molar-refractivity contribution in [1.29, 1.82) is 0 Å². The van der Waals surface area contributed by atoms with Gasteiger partial charge in [-0.3, -0.25) is 0 Å². The van der Waals surface area contributed by atoms with Crippen molar-refractivity contribution in [2.24, 2.45) is 0 Å². The molecule has 0 aromatic rings. The van der Waals surface area contributed by atoms with Crippen LogP contribution < -0.4 is 0 Å². The predicted octanol–water partition coefficient (Wildman–Crippen LogP) is -0.924. The minimum absolute atomic E-state index is 0. The minimum Gasteiger partial charge on any atom is 0 e. The summed E-state index contributed by atoms with van der Waals surface area (Å²) in [5.41, 5.74) is 0. The van der Waals surface area contributed by atoms with Gasteiger partial charge < -0.3 is 0 Å². The van der Waals surface area contributed by atoms with Crippen molar-refractivity contribution in [3.63, 3.8) is 0 Å². The molecule has 0 rings (SSSR count). The van der Waals surface area contributed by atoms with E-state index in [0.717, 1.165) is 0 Å². The van der Waals surface area contributed by atoms with E-state index in [1.54, 1.807) is 0 Å². The zero-order valence-corrected chi connectivity index (χ0v) is 9.40. The van der Waals surface area contributed by atoms with Crippen LogP contribution in [0.3, 0.4) is 0 Å². The molecule has 0 heterocycles. The van der Waals surface area contributed by atoms with Crippen LogP contribution in [0.15, 0.2) is 0 Å². The maximum Gasteiger partial charge on any atom is 0 e. The van der Waals surface area contributed by atoms with Crippen molar-refractivity contribution < 1.29 is 63.6 Å². The maximum atomic E-state index is 0. The van der Waals surface area contributed by atoms with Gasteiger partial charge in [-0.1, -0.05) is 0 Å². The van der Waals surface area contributed by atoms with Crippen LogP contribution >= 0.6 is 0 Å². The smallest absolute Gasteiger partial charge is 0 e. The molecule has 0 aliphatic carbocycles. The van der Waals surface area contributed by atoms with E-state index in [4.69, 9.17) is 0 Å². The van der Waals surface area contributed by atoms with Crippen molar-refractivity contribution in [2.45, 2.75) is 0 Å². The molecule has 0 aromatic heterocycles. The second kappa shape index (κ2) is 16.2. The molecule has 0 bridgehead atoms. The van der Waals surface area contributed by atoms with Crippen molar-refractivity contribution in [2.75, 3.05) is 0 Å². The molecule has 0 nitrogen and oxygen atoms in total. The fourth-order valence-corrected chi connectivity index (χ4v) is 0. The van der Waals surface area contributed by atoms with E-state index in [1.807, 2.05) is 0 Å². The summed E-state index contributed by atoms with van der Waals surface area (Å²) >= 11 is 0. The van der Waals surface area contributed by atoms with Gasteiger partial charge in [0.2, 0.25) is 0 Å². The first kappa shape index (κ1) is 26.5. The van der Waals surface area contributed by atoms with E-state index in [0.29, 0.717) is 0 Å². The van der Waals surface area contributed by atoms with E-state index >= 15 is 0 Å². The molecule has 0 unspecified atom stereocenters. The van der Waals surface area contributed by atoms with Gasteiger partial charge in [0.25, 0.3) is 0 Å². The van der Waals surface area contributed by atoms with Crippen LogP contribution in [0.4, 0.5) is 0 Å². The molecule has 0 aliphatic heterocycles. The molecule has 0 N–H and O–H groups in total. The first-order chi connectivity index (χ1) is 0. The summed E-state index contributed by atoms with van der Waals surface area (Å²) in [7, 11) is 0. The Bertz CT molecular complexity index is 8.00. The molecule has 0 saturated carbocycles. The fourth-order valence-electron chi connectivity index (χ4n) is 0. The molecule has 0 aromatic carbocycles. The number of rotatable bonds is 0. The van der Waals surface area contributed by atoms with E-state index < -0.39 is 0 Å². The maximum absolute atomic E-state index is 0. The summed E-state index contributed by atoms with van der Waals surface area (Å²) < 4.78 is 0. The Labute approximate surface area is 99.0 Å². The van der Waals surface area contributed by atoms with E-state index in [1.165, 1.54) is 0 Å². The number of hydrogen-bond donors (Lipinski definition) is 0. The van der Waals surface area contributed by atoms with E-state index in [2.05, 4.69) is 0 Å². The van der Waals surface area contributed by atoms with Crippen LogP contribution in [0.25, 0.3) is 0 Å². The van der Waals surface area contributed by atoms with Crippen LogP contribution in [0.2, 0.25) is 0 Å². The van der Waals surface area contributed by atoms with Gasteiger partial charge >= 0.3 is 37.7 Å². The van der Waals surface area contributed by atoms with Crippen LogP contribution in [-0.4, -0.2) is 37.7 Å². The Morgan fingerprint density at radius 2 is 1.00 bits per heavy atom. The SMILES string of the molecule is [CaH2].[Ta].[Ti].[Zn]. The largest absolute Gasteiger partial charge is 0 e. The molecule has 4 heteroatoms. The van der Waals surface area contributed by atoms with Gasteiger partial charge in [-0.15, -0.1) is 0 Å². The minimum atomic E-state index is 0. The molecule has 0 aliphatic rings. The van der Waals surface area contributed by atoms with Crippen molar-refractivity contribution in [3.05, 3.63) is 0 Å². The summed E-state index contributed by atoms with van der Waals surface area (Å²) in [6, 6.07) is 0. The second-order valence-electron chi connectivity index (χ2n) is 0. The molecule has 0 saturated heterocycles. The molecule has 1 radical (unpaired) electrons. The third kappa shape index (κ3) is 9.02. The van der Waals surface area contributed by atoms with Gasteiger partial charge in [-0.05, 0) is 0 Å². The third-order valence-electron chi connectivity index (χ3n) is 0. The van der Waals surface area contributed by atoms with E-state index in [9.17, 15) is 0 Å². The molecular weight excluding hydrogens is 334 g/mol. The van der Waals surface area contributed by atoms with Crippen molar-refractivity contribution in [1.82, 2.24) is 0 Å². The summed E-state index contributed by atoms with van der Waals surface area (Å²) in [6.07, 6.45) is 0. The molecule has 0 fully saturated rings. The number of hydrogen-bond acceptors (Lipinski definition) is 0. The first-order valence-electron chi connectivity index (χ1n) is 0. The molecule has 0 atom stereocenters. The summed E-state index contributed by atoms with van der Waals surface area (Å²) in [5, 5.41) is 0. The Hall–Kier alpha value is 3.34. The van der Waals surface area contributed by atoms with Crippen molar-refractivity contribution >= 4 is 37.7 Å². The second-order valence-corrected chi connectivity index (χ2v) is 0. The topological polar surface area (TPSA) is 0 Å². The van der Waals surface area contributed by atoms with Gasteiger partial charge in [-0.2, -0.15) is 0 Å². The van der Waals surface area contributed by atoms with Crippen LogP contribution in [0, 0.1) is 0 Å². The molecule has 15 valence electrons. The van der Waals surface area contributed by atoms with Gasteiger partial charge in [0.15, 0.2) is 0 Å². The first-order valence-corrected chi connectivity index (χ1v) is 0. The van der Waals surface area contributed by atoms with Crippen LogP contribution in [-0.2, 0) is 63.6 Å². The van der Waals surface area contributed by atoms with E-state index in [-0.39, 0.29) is 101 Å². The van der Waals surface area contributed by atoms with Gasteiger partial charge in [-0.25, -0.2) is 0 Å². The fraction of sp³-hybridized carbons (Fsp3) is 0. The Balaban J connectivity index is 0. The molecule has 4 heavy (non-hydrogen) atoms. The summed E-state index contributed by atoms with van der Waals surface area (Å²) in [4.78, 5) is 0. The quantitative estimate of drug-likeness (QED) is 0.502. The van der Waals surface area contributed by atoms with Gasteiger partial charge in [0.05, 0.1) is 0 Å². The zero-order chi connectivity index (χ0) is 0. The van der Waals surface area contributed by atoms with Gasteiger partial charge in [0.1, 0.15) is 0 Å².